The topological polar surface area (TPSA) is 69.2 Å². The van der Waals surface area contributed by atoms with Crippen LogP contribution in [0, 0.1) is 6.92 Å². The van der Waals surface area contributed by atoms with Gasteiger partial charge in [-0.1, -0.05) is 41.4 Å². The fourth-order valence-corrected chi connectivity index (χ4v) is 3.28. The van der Waals surface area contributed by atoms with Gasteiger partial charge in [0.2, 0.25) is 0 Å². The first kappa shape index (κ1) is 24.1. The van der Waals surface area contributed by atoms with Crippen LogP contribution in [0.5, 0.6) is 17.2 Å². The number of hydrazone groups is 1. The van der Waals surface area contributed by atoms with Gasteiger partial charge >= 0.3 is 0 Å². The van der Waals surface area contributed by atoms with Gasteiger partial charge in [0, 0.05) is 5.56 Å². The van der Waals surface area contributed by atoms with Crippen molar-refractivity contribution in [3.8, 4) is 17.2 Å². The zero-order chi connectivity index (χ0) is 23.6. The van der Waals surface area contributed by atoms with Crippen molar-refractivity contribution in [3.63, 3.8) is 0 Å². The summed E-state index contributed by atoms with van der Waals surface area (Å²) in [4.78, 5) is 12.3. The molecule has 3 aromatic carbocycles. The van der Waals surface area contributed by atoms with Crippen molar-refractivity contribution in [3.05, 3.63) is 87.9 Å². The number of carbonyl (C=O) groups is 1. The third kappa shape index (κ3) is 6.99. The number of nitrogens with one attached hydrogen (secondary N) is 1. The van der Waals surface area contributed by atoms with Crippen molar-refractivity contribution >= 4 is 23.7 Å². The highest BCUT2D eigenvalue weighted by atomic mass is 35.5. The highest BCUT2D eigenvalue weighted by Gasteiger charge is 2.13. The Morgan fingerprint density at radius 1 is 0.970 bits per heavy atom. The molecular formula is C26H27ClN2O4. The average molecular weight is 467 g/mol. The first-order valence-electron chi connectivity index (χ1n) is 10.7. The van der Waals surface area contributed by atoms with Gasteiger partial charge in [0.1, 0.15) is 12.4 Å². The summed E-state index contributed by atoms with van der Waals surface area (Å²) < 4.78 is 17.1. The van der Waals surface area contributed by atoms with Crippen LogP contribution in [0.15, 0.2) is 65.8 Å². The van der Waals surface area contributed by atoms with Gasteiger partial charge < -0.3 is 14.2 Å². The van der Waals surface area contributed by atoms with Crippen molar-refractivity contribution in [1.82, 2.24) is 5.43 Å². The molecule has 0 aliphatic rings. The second-order valence-electron chi connectivity index (χ2n) is 7.19. The molecule has 7 heteroatoms. The first-order chi connectivity index (χ1) is 16.0. The monoisotopic (exact) mass is 466 g/mol. The van der Waals surface area contributed by atoms with Crippen LogP contribution in [-0.2, 0) is 6.61 Å². The van der Waals surface area contributed by atoms with E-state index in [-0.39, 0.29) is 5.91 Å². The van der Waals surface area contributed by atoms with Crippen molar-refractivity contribution in [1.29, 1.82) is 0 Å². The number of halogens is 1. The minimum Gasteiger partial charge on any atom is -0.494 e. The van der Waals surface area contributed by atoms with Crippen molar-refractivity contribution in [2.24, 2.45) is 5.10 Å². The summed E-state index contributed by atoms with van der Waals surface area (Å²) in [5.41, 5.74) is 5.87. The van der Waals surface area contributed by atoms with Crippen molar-refractivity contribution in [2.45, 2.75) is 27.4 Å². The first-order valence-corrected chi connectivity index (χ1v) is 11.1. The summed E-state index contributed by atoms with van der Waals surface area (Å²) in [6, 6.07) is 18.4. The van der Waals surface area contributed by atoms with Crippen LogP contribution in [0.4, 0.5) is 0 Å². The lowest BCUT2D eigenvalue weighted by Gasteiger charge is -2.14. The lowest BCUT2D eigenvalue weighted by molar-refractivity contribution is 0.0955. The van der Waals surface area contributed by atoms with Crippen LogP contribution < -0.4 is 19.6 Å². The fraction of sp³-hybridized carbons (Fsp3) is 0.231. The molecule has 0 bridgehead atoms. The summed E-state index contributed by atoms with van der Waals surface area (Å²) in [6.07, 6.45) is 1.50. The van der Waals surface area contributed by atoms with Gasteiger partial charge in [-0.15, -0.1) is 0 Å². The van der Waals surface area contributed by atoms with Crippen LogP contribution in [0.25, 0.3) is 0 Å². The van der Waals surface area contributed by atoms with Gasteiger partial charge in [-0.25, -0.2) is 5.43 Å². The maximum atomic E-state index is 12.3. The molecule has 1 amide bonds. The molecule has 0 radical (unpaired) electrons. The fourth-order valence-electron chi connectivity index (χ4n) is 3.00. The Bertz CT molecular complexity index is 1100. The minimum absolute atomic E-state index is 0.330. The summed E-state index contributed by atoms with van der Waals surface area (Å²) in [5, 5.41) is 4.44. The number of rotatable bonds is 10. The maximum absolute atomic E-state index is 12.3. The maximum Gasteiger partial charge on any atom is 0.271 e. The quantitative estimate of drug-likeness (QED) is 0.303. The van der Waals surface area contributed by atoms with E-state index in [1.54, 1.807) is 36.4 Å². The van der Waals surface area contributed by atoms with E-state index in [0.29, 0.717) is 53.2 Å². The molecule has 0 spiro atoms. The summed E-state index contributed by atoms with van der Waals surface area (Å²) in [5.74, 6) is 1.36. The Labute approximate surface area is 199 Å². The molecule has 0 atom stereocenters. The molecule has 0 aliphatic heterocycles. The van der Waals surface area contributed by atoms with E-state index in [0.717, 1.165) is 5.56 Å². The SMILES string of the molecule is CCOc1ccc(C(=O)N/N=C\c2cc(Cl)c(OCc3ccc(C)cc3)c(OCC)c2)cc1. The molecule has 0 fully saturated rings. The smallest absolute Gasteiger partial charge is 0.271 e. The molecule has 0 saturated heterocycles. The molecule has 3 aromatic rings. The Hall–Kier alpha value is -3.51. The van der Waals surface area contributed by atoms with E-state index >= 15 is 0 Å². The van der Waals surface area contributed by atoms with Crippen molar-refractivity contribution in [2.75, 3.05) is 13.2 Å². The number of aryl methyl sites for hydroxylation is 1. The molecule has 0 unspecified atom stereocenters. The molecule has 172 valence electrons. The number of benzene rings is 3. The predicted octanol–water partition coefficient (Wildman–Crippen LogP) is 5.79. The minimum atomic E-state index is -0.330. The molecule has 0 heterocycles. The second-order valence-corrected chi connectivity index (χ2v) is 7.60. The largest absolute Gasteiger partial charge is 0.494 e. The molecule has 0 saturated carbocycles. The Balaban J connectivity index is 1.67. The van der Waals surface area contributed by atoms with Crippen LogP contribution in [0.1, 0.15) is 40.9 Å². The molecule has 33 heavy (non-hydrogen) atoms. The van der Waals surface area contributed by atoms with Gasteiger partial charge in [0.05, 0.1) is 24.5 Å². The van der Waals surface area contributed by atoms with E-state index in [9.17, 15) is 4.79 Å². The van der Waals surface area contributed by atoms with Gasteiger partial charge in [0.15, 0.2) is 11.5 Å². The number of hydrogen-bond acceptors (Lipinski definition) is 5. The zero-order valence-corrected chi connectivity index (χ0v) is 19.7. The molecule has 1 N–H and O–H groups in total. The van der Waals surface area contributed by atoms with E-state index in [2.05, 4.69) is 10.5 Å². The normalized spacial score (nSPS) is 10.8. The van der Waals surface area contributed by atoms with E-state index in [4.69, 9.17) is 25.8 Å². The molecule has 0 aromatic heterocycles. The Morgan fingerprint density at radius 3 is 2.33 bits per heavy atom. The molecular weight excluding hydrogens is 440 g/mol. The van der Waals surface area contributed by atoms with Gasteiger partial charge in [-0.3, -0.25) is 4.79 Å². The highest BCUT2D eigenvalue weighted by Crippen LogP contribution is 2.37. The highest BCUT2D eigenvalue weighted by molar-refractivity contribution is 6.32. The Morgan fingerprint density at radius 2 is 1.67 bits per heavy atom. The van der Waals surface area contributed by atoms with E-state index < -0.39 is 0 Å². The molecule has 3 rings (SSSR count). The van der Waals surface area contributed by atoms with Crippen LogP contribution in [0.2, 0.25) is 5.02 Å². The standard InChI is InChI=1S/C26H27ClN2O4/c1-4-31-22-12-10-21(11-13-22)26(30)29-28-16-20-14-23(27)25(24(15-20)32-5-2)33-17-19-8-6-18(3)7-9-19/h6-16H,4-5,17H2,1-3H3,(H,29,30)/b28-16-. The molecule has 6 nitrogen and oxygen atoms in total. The zero-order valence-electron chi connectivity index (χ0n) is 18.9. The number of ether oxygens (including phenoxy) is 3. The van der Waals surface area contributed by atoms with Gasteiger partial charge in [0.25, 0.3) is 5.91 Å². The van der Waals surface area contributed by atoms with Gasteiger partial charge in [-0.05, 0) is 68.3 Å². The average Bonchev–Trinajstić information content (AvgIpc) is 2.80. The second kappa shape index (κ2) is 11.9. The van der Waals surface area contributed by atoms with Crippen LogP contribution >= 0.6 is 11.6 Å². The summed E-state index contributed by atoms with van der Waals surface area (Å²) in [6.45, 7) is 7.21. The van der Waals surface area contributed by atoms with Crippen molar-refractivity contribution < 1.29 is 19.0 Å². The van der Waals surface area contributed by atoms with E-state index in [1.807, 2.05) is 45.0 Å². The number of amides is 1. The van der Waals surface area contributed by atoms with Gasteiger partial charge in [-0.2, -0.15) is 5.10 Å². The van der Waals surface area contributed by atoms with Crippen LogP contribution in [0.3, 0.4) is 0 Å². The third-order valence-electron chi connectivity index (χ3n) is 4.64. The van der Waals surface area contributed by atoms with Crippen LogP contribution in [-0.4, -0.2) is 25.3 Å². The predicted molar refractivity (Wildman–Crippen MR) is 131 cm³/mol. The number of nitrogens with zero attached hydrogens (tertiary/aromatic N) is 1. The Kier molecular flexibility index (Phi) is 8.72. The van der Waals surface area contributed by atoms with E-state index in [1.165, 1.54) is 11.8 Å². The lowest BCUT2D eigenvalue weighted by Crippen LogP contribution is -2.17. The molecule has 0 aliphatic carbocycles. The number of carbonyl (C=O) groups excluding carboxylic acids is 1. The summed E-state index contributed by atoms with van der Waals surface area (Å²) >= 11 is 6.47. The third-order valence-corrected chi connectivity index (χ3v) is 4.92. The summed E-state index contributed by atoms with van der Waals surface area (Å²) in [7, 11) is 0. The lowest BCUT2D eigenvalue weighted by atomic mass is 10.1. The number of hydrogen-bond donors (Lipinski definition) is 1.